The Balaban J connectivity index is 1.72. The Bertz CT molecular complexity index is 981. The number of nitrogens with zero attached hydrogens (tertiary/aromatic N) is 2. The van der Waals surface area contributed by atoms with Crippen LogP contribution in [-0.4, -0.2) is 21.2 Å². The summed E-state index contributed by atoms with van der Waals surface area (Å²) in [5, 5.41) is 5.88. The number of aryl methyl sites for hydroxylation is 1. The average Bonchev–Trinajstić information content (AvgIpc) is 3.01. The van der Waals surface area contributed by atoms with E-state index in [2.05, 4.69) is 26.2 Å². The van der Waals surface area contributed by atoms with Crippen LogP contribution in [-0.2, 0) is 11.8 Å². The van der Waals surface area contributed by atoms with Crippen LogP contribution in [0, 0.1) is 6.92 Å². The van der Waals surface area contributed by atoms with E-state index in [9.17, 15) is 9.59 Å². The van der Waals surface area contributed by atoms with Crippen LogP contribution in [0.2, 0.25) is 0 Å². The summed E-state index contributed by atoms with van der Waals surface area (Å²) in [6.45, 7) is 1.93. The van der Waals surface area contributed by atoms with Crippen molar-refractivity contribution >= 4 is 60.8 Å². The van der Waals surface area contributed by atoms with Gasteiger partial charge in [-0.1, -0.05) is 27.7 Å². The highest BCUT2D eigenvalue weighted by Crippen LogP contribution is 2.22. The summed E-state index contributed by atoms with van der Waals surface area (Å²) in [5.74, 6) is 0.0538. The molecule has 0 saturated heterocycles. The molecule has 0 aliphatic rings. The van der Waals surface area contributed by atoms with Crippen LogP contribution < -0.4 is 10.9 Å². The number of fused-ring (bicyclic) bond motifs is 1. The summed E-state index contributed by atoms with van der Waals surface area (Å²) in [7, 11) is 1.67. The molecule has 2 aromatic heterocycles. The van der Waals surface area contributed by atoms with E-state index in [-0.39, 0.29) is 17.2 Å². The maximum atomic E-state index is 12.2. The number of nitrogens with one attached hydrogen (secondary N) is 1. The van der Waals surface area contributed by atoms with Crippen LogP contribution in [0.1, 0.15) is 5.56 Å². The number of hydrogen-bond donors (Lipinski definition) is 1. The highest BCUT2D eigenvalue weighted by atomic mass is 79.9. The molecule has 3 rings (SSSR count). The number of anilines is 1. The zero-order valence-electron chi connectivity index (χ0n) is 13.0. The molecule has 8 heteroatoms. The maximum Gasteiger partial charge on any atom is 0.262 e. The van der Waals surface area contributed by atoms with Gasteiger partial charge in [0.15, 0.2) is 5.16 Å². The molecule has 2 heterocycles. The van der Waals surface area contributed by atoms with Gasteiger partial charge in [-0.3, -0.25) is 14.2 Å². The minimum atomic E-state index is -0.133. The van der Waals surface area contributed by atoms with Gasteiger partial charge in [-0.05, 0) is 42.1 Å². The molecule has 124 valence electrons. The summed E-state index contributed by atoms with van der Waals surface area (Å²) >= 11 is 6.07. The second-order valence-corrected chi connectivity index (χ2v) is 7.95. The molecule has 0 spiro atoms. The predicted octanol–water partition coefficient (Wildman–Crippen LogP) is 3.80. The smallest absolute Gasteiger partial charge is 0.262 e. The number of hydrogen-bond acceptors (Lipinski definition) is 5. The third-order valence-electron chi connectivity index (χ3n) is 3.46. The van der Waals surface area contributed by atoms with Crippen molar-refractivity contribution in [1.29, 1.82) is 0 Å². The fourth-order valence-electron chi connectivity index (χ4n) is 2.19. The third kappa shape index (κ3) is 3.55. The van der Waals surface area contributed by atoms with Gasteiger partial charge in [0, 0.05) is 17.2 Å². The fourth-order valence-corrected chi connectivity index (χ4v) is 4.25. The second-order valence-electron chi connectivity index (χ2n) is 5.19. The van der Waals surface area contributed by atoms with E-state index >= 15 is 0 Å². The van der Waals surface area contributed by atoms with Crippen molar-refractivity contribution in [3.05, 3.63) is 50.0 Å². The molecule has 3 aromatic rings. The van der Waals surface area contributed by atoms with Gasteiger partial charge in [-0.25, -0.2) is 4.98 Å². The molecule has 0 aliphatic heterocycles. The van der Waals surface area contributed by atoms with E-state index in [1.807, 2.05) is 30.5 Å². The molecule has 5 nitrogen and oxygen atoms in total. The number of aromatic nitrogens is 2. The van der Waals surface area contributed by atoms with Crippen LogP contribution in [0.3, 0.4) is 0 Å². The Morgan fingerprint density at radius 2 is 2.21 bits per heavy atom. The largest absolute Gasteiger partial charge is 0.325 e. The molecule has 0 fully saturated rings. The van der Waals surface area contributed by atoms with Crippen molar-refractivity contribution in [1.82, 2.24) is 9.55 Å². The van der Waals surface area contributed by atoms with Gasteiger partial charge < -0.3 is 5.32 Å². The third-order valence-corrected chi connectivity index (χ3v) is 5.79. The zero-order chi connectivity index (χ0) is 17.3. The van der Waals surface area contributed by atoms with Crippen LogP contribution in [0.5, 0.6) is 0 Å². The summed E-state index contributed by atoms with van der Waals surface area (Å²) in [4.78, 5) is 29.6. The number of amides is 1. The van der Waals surface area contributed by atoms with Gasteiger partial charge in [0.2, 0.25) is 5.91 Å². The topological polar surface area (TPSA) is 64.0 Å². The molecule has 1 aromatic carbocycles. The number of halogens is 1. The molecular formula is C16H14BrN3O2S2. The SMILES string of the molecule is Cc1cc(Br)ccc1NC(=O)CSc1nc2sccc2c(=O)n1C. The average molecular weight is 424 g/mol. The lowest BCUT2D eigenvalue weighted by atomic mass is 10.2. The molecule has 0 atom stereocenters. The van der Waals surface area contributed by atoms with Crippen molar-refractivity contribution in [2.24, 2.45) is 7.05 Å². The first-order valence-corrected chi connectivity index (χ1v) is 9.74. The molecule has 0 radical (unpaired) electrons. The van der Waals surface area contributed by atoms with E-state index in [4.69, 9.17) is 0 Å². The number of thiophene rings is 1. The predicted molar refractivity (Wildman–Crippen MR) is 103 cm³/mol. The van der Waals surface area contributed by atoms with Gasteiger partial charge in [0.1, 0.15) is 4.83 Å². The van der Waals surface area contributed by atoms with Gasteiger partial charge in [-0.15, -0.1) is 11.3 Å². The van der Waals surface area contributed by atoms with Crippen LogP contribution in [0.25, 0.3) is 10.2 Å². The van der Waals surface area contributed by atoms with E-state index in [1.54, 1.807) is 13.1 Å². The van der Waals surface area contributed by atoms with Crippen molar-refractivity contribution in [3.63, 3.8) is 0 Å². The molecule has 0 aliphatic carbocycles. The summed E-state index contributed by atoms with van der Waals surface area (Å²) in [6.07, 6.45) is 0. The Labute approximate surface area is 155 Å². The van der Waals surface area contributed by atoms with E-state index < -0.39 is 0 Å². The lowest BCUT2D eigenvalue weighted by Gasteiger charge is -2.09. The van der Waals surface area contributed by atoms with Crippen molar-refractivity contribution < 1.29 is 4.79 Å². The summed E-state index contributed by atoms with van der Waals surface area (Å²) in [6, 6.07) is 7.45. The molecule has 0 unspecified atom stereocenters. The zero-order valence-corrected chi connectivity index (χ0v) is 16.2. The minimum Gasteiger partial charge on any atom is -0.325 e. The number of carbonyl (C=O) groups is 1. The molecule has 1 N–H and O–H groups in total. The number of benzene rings is 1. The number of thioether (sulfide) groups is 1. The van der Waals surface area contributed by atoms with E-state index in [0.29, 0.717) is 15.4 Å². The molecule has 0 bridgehead atoms. The molecule has 1 amide bonds. The molecule has 24 heavy (non-hydrogen) atoms. The van der Waals surface area contributed by atoms with Gasteiger partial charge in [-0.2, -0.15) is 0 Å². The second kappa shape index (κ2) is 7.08. The summed E-state index contributed by atoms with van der Waals surface area (Å²) < 4.78 is 2.45. The molecular weight excluding hydrogens is 410 g/mol. The lowest BCUT2D eigenvalue weighted by Crippen LogP contribution is -2.21. The van der Waals surface area contributed by atoms with Crippen molar-refractivity contribution in [3.8, 4) is 0 Å². The van der Waals surface area contributed by atoms with Crippen LogP contribution >= 0.6 is 39.0 Å². The van der Waals surface area contributed by atoms with Crippen LogP contribution in [0.15, 0.2) is 44.1 Å². The highest BCUT2D eigenvalue weighted by Gasteiger charge is 2.12. The Hall–Kier alpha value is -1.64. The normalized spacial score (nSPS) is 11.0. The Kier molecular flexibility index (Phi) is 5.07. The van der Waals surface area contributed by atoms with Crippen molar-refractivity contribution in [2.45, 2.75) is 12.1 Å². The standard InChI is InChI=1S/C16H14BrN3O2S2/c1-9-7-10(17)3-4-12(9)18-13(21)8-24-16-19-14-11(5-6-23-14)15(22)20(16)2/h3-7H,8H2,1-2H3,(H,18,21). The first-order valence-electron chi connectivity index (χ1n) is 7.09. The number of carbonyl (C=O) groups excluding carboxylic acids is 1. The summed E-state index contributed by atoms with van der Waals surface area (Å²) in [5.41, 5.74) is 1.67. The van der Waals surface area contributed by atoms with Gasteiger partial charge in [0.25, 0.3) is 5.56 Å². The van der Waals surface area contributed by atoms with Gasteiger partial charge in [0.05, 0.1) is 11.1 Å². The molecule has 0 saturated carbocycles. The lowest BCUT2D eigenvalue weighted by molar-refractivity contribution is -0.113. The Morgan fingerprint density at radius 3 is 2.96 bits per heavy atom. The van der Waals surface area contributed by atoms with Gasteiger partial charge >= 0.3 is 0 Å². The van der Waals surface area contributed by atoms with E-state index in [1.165, 1.54) is 27.7 Å². The van der Waals surface area contributed by atoms with Crippen molar-refractivity contribution in [2.75, 3.05) is 11.1 Å². The van der Waals surface area contributed by atoms with E-state index in [0.717, 1.165) is 15.7 Å². The Morgan fingerprint density at radius 1 is 1.42 bits per heavy atom. The monoisotopic (exact) mass is 423 g/mol. The minimum absolute atomic E-state index is 0.0899. The highest BCUT2D eigenvalue weighted by molar-refractivity contribution is 9.10. The first kappa shape index (κ1) is 17.2. The quantitative estimate of drug-likeness (QED) is 0.511. The first-order chi connectivity index (χ1) is 11.5. The number of rotatable bonds is 4. The van der Waals surface area contributed by atoms with Crippen LogP contribution in [0.4, 0.5) is 5.69 Å². The maximum absolute atomic E-state index is 12.2. The fraction of sp³-hybridized carbons (Fsp3) is 0.188.